The van der Waals surface area contributed by atoms with Gasteiger partial charge in [0, 0.05) is 9.26 Å². The molecule has 5 nitrogen and oxygen atoms in total. The lowest BCUT2D eigenvalue weighted by Gasteiger charge is -2.20. The Labute approximate surface area is 161 Å². The molecule has 0 aromatic heterocycles. The number of hydrogen-bond donors (Lipinski definition) is 2. The van der Waals surface area contributed by atoms with Gasteiger partial charge in [-0.1, -0.05) is 12.1 Å². The Morgan fingerprint density at radius 2 is 1.64 bits per heavy atom. The lowest BCUT2D eigenvalue weighted by molar-refractivity contribution is 0.0636. The molecule has 2 amide bonds. The van der Waals surface area contributed by atoms with Gasteiger partial charge in [-0.05, 0) is 86.2 Å². The molecular formula is C19H21IN2O3. The highest BCUT2D eigenvalue weighted by molar-refractivity contribution is 14.1. The van der Waals surface area contributed by atoms with Gasteiger partial charge in [0.2, 0.25) is 0 Å². The van der Waals surface area contributed by atoms with Crippen molar-refractivity contribution in [2.45, 2.75) is 33.3 Å². The summed E-state index contributed by atoms with van der Waals surface area (Å²) in [4.78, 5) is 24.7. The summed E-state index contributed by atoms with van der Waals surface area (Å²) in [6, 6.07) is 12.8. The van der Waals surface area contributed by atoms with Crippen LogP contribution in [0.3, 0.4) is 0 Å². The molecule has 0 fully saturated rings. The molecule has 2 rings (SSSR count). The first-order valence-electron chi connectivity index (χ1n) is 7.82. The van der Waals surface area contributed by atoms with Gasteiger partial charge in [-0.3, -0.25) is 10.1 Å². The van der Waals surface area contributed by atoms with E-state index in [2.05, 4.69) is 33.2 Å². The summed E-state index contributed by atoms with van der Waals surface area (Å²) in [5.74, 6) is -0.287. The molecule has 0 aliphatic carbocycles. The third kappa shape index (κ3) is 5.74. The van der Waals surface area contributed by atoms with Gasteiger partial charge in [0.1, 0.15) is 5.60 Å². The number of benzene rings is 2. The topological polar surface area (TPSA) is 67.4 Å². The van der Waals surface area contributed by atoms with Crippen molar-refractivity contribution in [2.75, 3.05) is 10.6 Å². The number of anilines is 2. The van der Waals surface area contributed by atoms with Crippen LogP contribution in [0, 0.1) is 10.5 Å². The SMILES string of the molecule is Cc1cccc(NC(=O)OC(C)(C)C)c1C(=O)Nc1ccc(I)cc1. The Hall–Kier alpha value is -2.09. The summed E-state index contributed by atoms with van der Waals surface area (Å²) in [7, 11) is 0. The van der Waals surface area contributed by atoms with E-state index in [0.29, 0.717) is 16.9 Å². The van der Waals surface area contributed by atoms with Crippen LogP contribution in [0.25, 0.3) is 0 Å². The first-order chi connectivity index (χ1) is 11.7. The number of amides is 2. The Kier molecular flexibility index (Phi) is 6.05. The maximum absolute atomic E-state index is 12.7. The third-order valence-electron chi connectivity index (χ3n) is 3.24. The van der Waals surface area contributed by atoms with Gasteiger partial charge in [0.15, 0.2) is 0 Å². The summed E-state index contributed by atoms with van der Waals surface area (Å²) in [5, 5.41) is 5.51. The predicted molar refractivity (Wildman–Crippen MR) is 108 cm³/mol. The molecule has 0 saturated carbocycles. The molecule has 6 heteroatoms. The fourth-order valence-corrected chi connectivity index (χ4v) is 2.57. The Balaban J connectivity index is 2.23. The van der Waals surface area contributed by atoms with Crippen LogP contribution in [0.5, 0.6) is 0 Å². The molecule has 0 unspecified atom stereocenters. The van der Waals surface area contributed by atoms with Crippen molar-refractivity contribution in [1.29, 1.82) is 0 Å². The van der Waals surface area contributed by atoms with Crippen LogP contribution in [0.2, 0.25) is 0 Å². The lowest BCUT2D eigenvalue weighted by Crippen LogP contribution is -2.28. The molecule has 0 bridgehead atoms. The van der Waals surface area contributed by atoms with Crippen LogP contribution in [0.1, 0.15) is 36.7 Å². The van der Waals surface area contributed by atoms with Gasteiger partial charge in [0.05, 0.1) is 11.3 Å². The summed E-state index contributed by atoms with van der Waals surface area (Å²) >= 11 is 2.20. The normalized spacial score (nSPS) is 10.9. The Bertz CT molecular complexity index is 780. The summed E-state index contributed by atoms with van der Waals surface area (Å²) in [6.45, 7) is 7.18. The zero-order valence-corrected chi connectivity index (χ0v) is 16.8. The highest BCUT2D eigenvalue weighted by atomic mass is 127. The first kappa shape index (κ1) is 19.2. The molecule has 2 aromatic carbocycles. The second kappa shape index (κ2) is 7.86. The van der Waals surface area contributed by atoms with E-state index in [1.165, 1.54) is 0 Å². The van der Waals surface area contributed by atoms with Gasteiger partial charge in [-0.2, -0.15) is 0 Å². The number of rotatable bonds is 3. The molecule has 0 aliphatic rings. The van der Waals surface area contributed by atoms with Crippen LogP contribution >= 0.6 is 22.6 Å². The second-order valence-electron chi connectivity index (χ2n) is 6.59. The average molecular weight is 452 g/mol. The lowest BCUT2D eigenvalue weighted by atomic mass is 10.1. The maximum Gasteiger partial charge on any atom is 0.412 e. The molecule has 0 heterocycles. The van der Waals surface area contributed by atoms with E-state index in [1.54, 1.807) is 32.9 Å². The average Bonchev–Trinajstić information content (AvgIpc) is 2.47. The number of aryl methyl sites for hydroxylation is 1. The van der Waals surface area contributed by atoms with E-state index in [0.717, 1.165) is 9.13 Å². The molecular weight excluding hydrogens is 431 g/mol. The minimum atomic E-state index is -0.614. The van der Waals surface area contributed by atoms with Crippen LogP contribution in [0.4, 0.5) is 16.2 Å². The quantitative estimate of drug-likeness (QED) is 0.630. The number of nitrogens with one attached hydrogen (secondary N) is 2. The molecule has 0 aliphatic heterocycles. The highest BCUT2D eigenvalue weighted by Crippen LogP contribution is 2.22. The largest absolute Gasteiger partial charge is 0.444 e. The number of ether oxygens (including phenoxy) is 1. The first-order valence-corrected chi connectivity index (χ1v) is 8.90. The third-order valence-corrected chi connectivity index (χ3v) is 3.96. The fourth-order valence-electron chi connectivity index (χ4n) is 2.21. The zero-order valence-electron chi connectivity index (χ0n) is 14.6. The Morgan fingerprint density at radius 1 is 1.00 bits per heavy atom. The molecule has 0 saturated heterocycles. The summed E-state index contributed by atoms with van der Waals surface area (Å²) < 4.78 is 6.35. The number of carbonyl (C=O) groups excluding carboxylic acids is 2. The van der Waals surface area contributed by atoms with Crippen molar-refractivity contribution in [3.05, 3.63) is 57.2 Å². The van der Waals surface area contributed by atoms with Crippen LogP contribution in [0.15, 0.2) is 42.5 Å². The molecule has 0 radical (unpaired) electrons. The van der Waals surface area contributed by atoms with Gasteiger partial charge in [-0.25, -0.2) is 4.79 Å². The number of halogens is 1. The minimum absolute atomic E-state index is 0.287. The summed E-state index contributed by atoms with van der Waals surface area (Å²) in [5.41, 5.74) is 1.66. The van der Waals surface area contributed by atoms with E-state index >= 15 is 0 Å². The van der Waals surface area contributed by atoms with E-state index in [9.17, 15) is 9.59 Å². The van der Waals surface area contributed by atoms with Crippen LogP contribution in [-0.4, -0.2) is 17.6 Å². The van der Waals surface area contributed by atoms with E-state index in [4.69, 9.17) is 4.74 Å². The highest BCUT2D eigenvalue weighted by Gasteiger charge is 2.20. The minimum Gasteiger partial charge on any atom is -0.444 e. The van der Waals surface area contributed by atoms with Gasteiger partial charge in [-0.15, -0.1) is 0 Å². The van der Waals surface area contributed by atoms with Crippen LogP contribution < -0.4 is 10.6 Å². The smallest absolute Gasteiger partial charge is 0.412 e. The molecule has 25 heavy (non-hydrogen) atoms. The van der Waals surface area contributed by atoms with Crippen molar-refractivity contribution in [2.24, 2.45) is 0 Å². The maximum atomic E-state index is 12.7. The van der Waals surface area contributed by atoms with Crippen molar-refractivity contribution >= 4 is 46.0 Å². The molecule has 0 atom stereocenters. The monoisotopic (exact) mass is 452 g/mol. The van der Waals surface area contributed by atoms with Crippen molar-refractivity contribution < 1.29 is 14.3 Å². The van der Waals surface area contributed by atoms with E-state index in [1.807, 2.05) is 37.3 Å². The molecule has 2 N–H and O–H groups in total. The van der Waals surface area contributed by atoms with E-state index in [-0.39, 0.29) is 5.91 Å². The van der Waals surface area contributed by atoms with Crippen LogP contribution in [-0.2, 0) is 4.74 Å². The zero-order chi connectivity index (χ0) is 18.6. The Morgan fingerprint density at radius 3 is 2.24 bits per heavy atom. The fraction of sp³-hybridized carbons (Fsp3) is 0.263. The van der Waals surface area contributed by atoms with E-state index < -0.39 is 11.7 Å². The van der Waals surface area contributed by atoms with Crippen molar-refractivity contribution in [3.63, 3.8) is 0 Å². The second-order valence-corrected chi connectivity index (χ2v) is 7.83. The predicted octanol–water partition coefficient (Wildman–Crippen LogP) is 5.20. The standard InChI is InChI=1S/C19H21IN2O3/c1-12-6-5-7-15(22-18(24)25-19(2,3)4)16(12)17(23)21-14-10-8-13(20)9-11-14/h5-11H,1-4H3,(H,21,23)(H,22,24). The molecule has 132 valence electrons. The van der Waals surface area contributed by atoms with Gasteiger partial charge >= 0.3 is 6.09 Å². The van der Waals surface area contributed by atoms with Gasteiger partial charge < -0.3 is 10.1 Å². The molecule has 0 spiro atoms. The molecule has 2 aromatic rings. The number of hydrogen-bond acceptors (Lipinski definition) is 3. The van der Waals surface area contributed by atoms with Crippen molar-refractivity contribution in [3.8, 4) is 0 Å². The van der Waals surface area contributed by atoms with Gasteiger partial charge in [0.25, 0.3) is 5.91 Å². The summed E-state index contributed by atoms with van der Waals surface area (Å²) in [6.07, 6.45) is -0.596. The number of carbonyl (C=O) groups is 2. The van der Waals surface area contributed by atoms with Crippen molar-refractivity contribution in [1.82, 2.24) is 0 Å².